The second-order valence-electron chi connectivity index (χ2n) is 7.16. The van der Waals surface area contributed by atoms with Crippen molar-refractivity contribution in [3.8, 4) is 23.0 Å². The van der Waals surface area contributed by atoms with Crippen molar-refractivity contribution >= 4 is 11.8 Å². The minimum atomic E-state index is -0.363. The Balaban J connectivity index is 1.32. The summed E-state index contributed by atoms with van der Waals surface area (Å²) in [7, 11) is 0. The molecule has 2 amide bonds. The smallest absolute Gasteiger partial charge is 0.251 e. The van der Waals surface area contributed by atoms with Gasteiger partial charge in [-0.05, 0) is 44.2 Å². The van der Waals surface area contributed by atoms with Gasteiger partial charge in [-0.2, -0.15) is 0 Å². The quantitative estimate of drug-likeness (QED) is 0.724. The minimum absolute atomic E-state index is 0.130. The van der Waals surface area contributed by atoms with E-state index in [9.17, 15) is 9.59 Å². The van der Waals surface area contributed by atoms with Crippen molar-refractivity contribution in [2.24, 2.45) is 0 Å². The first-order valence-corrected chi connectivity index (χ1v) is 9.93. The van der Waals surface area contributed by atoms with Crippen molar-refractivity contribution < 1.29 is 28.5 Å². The minimum Gasteiger partial charge on any atom is -0.494 e. The maximum Gasteiger partial charge on any atom is 0.251 e. The molecule has 1 atom stereocenters. The third-order valence-corrected chi connectivity index (χ3v) is 4.90. The Morgan fingerprint density at radius 2 is 1.93 bits per heavy atom. The van der Waals surface area contributed by atoms with E-state index in [-0.39, 0.29) is 37.8 Å². The van der Waals surface area contributed by atoms with E-state index in [1.165, 1.54) is 0 Å². The van der Waals surface area contributed by atoms with Crippen LogP contribution in [0.25, 0.3) is 0 Å². The first-order chi connectivity index (χ1) is 14.5. The van der Waals surface area contributed by atoms with E-state index >= 15 is 0 Å². The SMILES string of the molecule is CCOc1cc2c(cc1CNC(=O)CNC(=O)c1ccc3c(c1)OCO3)OC(C)C2. The summed E-state index contributed by atoms with van der Waals surface area (Å²) in [6.45, 7) is 4.74. The van der Waals surface area contributed by atoms with Gasteiger partial charge in [-0.1, -0.05) is 0 Å². The number of carbonyl (C=O) groups is 2. The van der Waals surface area contributed by atoms with E-state index in [4.69, 9.17) is 18.9 Å². The van der Waals surface area contributed by atoms with Crippen molar-refractivity contribution in [3.05, 3.63) is 47.0 Å². The molecule has 8 nitrogen and oxygen atoms in total. The molecule has 2 N–H and O–H groups in total. The Morgan fingerprint density at radius 3 is 2.77 bits per heavy atom. The molecule has 2 aliphatic rings. The van der Waals surface area contributed by atoms with Crippen molar-refractivity contribution in [3.63, 3.8) is 0 Å². The number of rotatable bonds is 7. The molecule has 4 rings (SSSR count). The summed E-state index contributed by atoms with van der Waals surface area (Å²) in [5.41, 5.74) is 2.34. The predicted molar refractivity (Wildman–Crippen MR) is 108 cm³/mol. The third-order valence-electron chi connectivity index (χ3n) is 4.90. The lowest BCUT2D eigenvalue weighted by Crippen LogP contribution is -2.36. The molecule has 2 aliphatic heterocycles. The van der Waals surface area contributed by atoms with Gasteiger partial charge in [-0.15, -0.1) is 0 Å². The molecule has 30 heavy (non-hydrogen) atoms. The van der Waals surface area contributed by atoms with Crippen LogP contribution < -0.4 is 29.6 Å². The number of benzene rings is 2. The second-order valence-corrected chi connectivity index (χ2v) is 7.16. The average molecular weight is 412 g/mol. The van der Waals surface area contributed by atoms with Crippen LogP contribution >= 0.6 is 0 Å². The second kappa shape index (κ2) is 8.52. The van der Waals surface area contributed by atoms with Gasteiger partial charge in [-0.3, -0.25) is 9.59 Å². The highest BCUT2D eigenvalue weighted by Crippen LogP contribution is 2.35. The van der Waals surface area contributed by atoms with E-state index in [1.807, 2.05) is 26.0 Å². The van der Waals surface area contributed by atoms with Gasteiger partial charge in [0.15, 0.2) is 11.5 Å². The molecule has 0 radical (unpaired) electrons. The molecule has 0 spiro atoms. The standard InChI is InChI=1S/C22H24N2O6/c1-3-27-18-8-15-6-13(2)30-19(15)9-16(18)10-23-21(25)11-24-22(26)14-4-5-17-20(7-14)29-12-28-17/h4-5,7-9,13H,3,6,10-12H2,1-2H3,(H,23,25)(H,24,26). The van der Waals surface area contributed by atoms with Gasteiger partial charge in [0.2, 0.25) is 12.7 Å². The Bertz CT molecular complexity index is 974. The Kier molecular flexibility index (Phi) is 5.65. The van der Waals surface area contributed by atoms with Crippen LogP contribution in [0.1, 0.15) is 35.3 Å². The number of ether oxygens (including phenoxy) is 4. The summed E-state index contributed by atoms with van der Waals surface area (Å²) in [6.07, 6.45) is 0.971. The predicted octanol–water partition coefficient (Wildman–Crippen LogP) is 2.18. The fraction of sp³-hybridized carbons (Fsp3) is 0.364. The summed E-state index contributed by atoms with van der Waals surface area (Å²) >= 11 is 0. The highest BCUT2D eigenvalue weighted by atomic mass is 16.7. The fourth-order valence-electron chi connectivity index (χ4n) is 3.47. The number of amides is 2. The van der Waals surface area contributed by atoms with E-state index < -0.39 is 0 Å². The molecule has 2 aromatic rings. The lowest BCUT2D eigenvalue weighted by Gasteiger charge is -2.13. The highest BCUT2D eigenvalue weighted by molar-refractivity contribution is 5.97. The molecule has 0 aliphatic carbocycles. The molecule has 0 saturated heterocycles. The molecule has 0 aromatic heterocycles. The number of fused-ring (bicyclic) bond motifs is 2. The Hall–Kier alpha value is -3.42. The zero-order chi connectivity index (χ0) is 21.1. The van der Waals surface area contributed by atoms with Crippen molar-refractivity contribution in [2.45, 2.75) is 32.9 Å². The number of nitrogens with one attached hydrogen (secondary N) is 2. The average Bonchev–Trinajstić information content (AvgIpc) is 3.34. The van der Waals surface area contributed by atoms with Crippen LogP contribution in [0, 0.1) is 0 Å². The van der Waals surface area contributed by atoms with E-state index in [2.05, 4.69) is 10.6 Å². The van der Waals surface area contributed by atoms with Crippen LogP contribution in [0.2, 0.25) is 0 Å². The maximum absolute atomic E-state index is 12.3. The topological polar surface area (TPSA) is 95.1 Å². The summed E-state index contributed by atoms with van der Waals surface area (Å²) in [5, 5.41) is 5.42. The summed E-state index contributed by atoms with van der Waals surface area (Å²) in [6, 6.07) is 8.78. The molecule has 2 aromatic carbocycles. The Labute approximate surface area is 174 Å². The summed E-state index contributed by atoms with van der Waals surface area (Å²) < 4.78 is 22.0. The van der Waals surface area contributed by atoms with Crippen LogP contribution in [0.3, 0.4) is 0 Å². The van der Waals surface area contributed by atoms with Gasteiger partial charge < -0.3 is 29.6 Å². The van der Waals surface area contributed by atoms with Crippen LogP contribution in [-0.2, 0) is 17.8 Å². The first-order valence-electron chi connectivity index (χ1n) is 9.93. The summed E-state index contributed by atoms with van der Waals surface area (Å²) in [5.74, 6) is 2.01. The molecule has 1 unspecified atom stereocenters. The van der Waals surface area contributed by atoms with Crippen molar-refractivity contribution in [2.75, 3.05) is 19.9 Å². The van der Waals surface area contributed by atoms with Gasteiger partial charge in [0, 0.05) is 29.7 Å². The fourth-order valence-corrected chi connectivity index (χ4v) is 3.47. The van der Waals surface area contributed by atoms with Crippen molar-refractivity contribution in [1.82, 2.24) is 10.6 Å². The van der Waals surface area contributed by atoms with Gasteiger partial charge in [0.05, 0.1) is 13.2 Å². The maximum atomic E-state index is 12.3. The molecule has 0 saturated carbocycles. The number of carbonyl (C=O) groups excluding carboxylic acids is 2. The van der Waals surface area contributed by atoms with Gasteiger partial charge >= 0.3 is 0 Å². The molecular weight excluding hydrogens is 388 g/mol. The molecule has 158 valence electrons. The zero-order valence-corrected chi connectivity index (χ0v) is 16.9. The molecule has 2 heterocycles. The van der Waals surface area contributed by atoms with E-state index in [0.29, 0.717) is 23.7 Å². The van der Waals surface area contributed by atoms with Crippen molar-refractivity contribution in [1.29, 1.82) is 0 Å². The molecule has 0 fully saturated rings. The van der Waals surface area contributed by atoms with Gasteiger partial charge in [0.1, 0.15) is 17.6 Å². The largest absolute Gasteiger partial charge is 0.494 e. The highest BCUT2D eigenvalue weighted by Gasteiger charge is 2.22. The van der Waals surface area contributed by atoms with Crippen LogP contribution in [0.5, 0.6) is 23.0 Å². The lowest BCUT2D eigenvalue weighted by atomic mass is 10.1. The van der Waals surface area contributed by atoms with E-state index in [0.717, 1.165) is 29.0 Å². The normalized spacial score (nSPS) is 15.9. The van der Waals surface area contributed by atoms with Gasteiger partial charge in [-0.25, -0.2) is 0 Å². The van der Waals surface area contributed by atoms with Crippen LogP contribution in [0.4, 0.5) is 0 Å². The molecular formula is C22H24N2O6. The van der Waals surface area contributed by atoms with Gasteiger partial charge in [0.25, 0.3) is 5.91 Å². The summed E-state index contributed by atoms with van der Waals surface area (Å²) in [4.78, 5) is 24.5. The molecule has 0 bridgehead atoms. The van der Waals surface area contributed by atoms with E-state index in [1.54, 1.807) is 18.2 Å². The lowest BCUT2D eigenvalue weighted by molar-refractivity contribution is -0.120. The molecule has 8 heteroatoms. The third kappa shape index (κ3) is 4.27. The van der Waals surface area contributed by atoms with Crippen LogP contribution in [-0.4, -0.2) is 37.9 Å². The number of hydrogen-bond donors (Lipinski definition) is 2. The van der Waals surface area contributed by atoms with Crippen LogP contribution in [0.15, 0.2) is 30.3 Å². The Morgan fingerprint density at radius 1 is 1.10 bits per heavy atom. The number of hydrogen-bond acceptors (Lipinski definition) is 6. The monoisotopic (exact) mass is 412 g/mol. The first kappa shape index (κ1) is 19.9. The zero-order valence-electron chi connectivity index (χ0n) is 16.9.